The van der Waals surface area contributed by atoms with Crippen molar-refractivity contribution in [1.82, 2.24) is 0 Å². The summed E-state index contributed by atoms with van der Waals surface area (Å²) >= 11 is 0. The number of aliphatic carboxylic acids is 2. The molecule has 9 heteroatoms. The summed E-state index contributed by atoms with van der Waals surface area (Å²) in [6.45, 7) is 0. The van der Waals surface area contributed by atoms with Crippen LogP contribution in [0.4, 0.5) is 0 Å². The summed E-state index contributed by atoms with van der Waals surface area (Å²) in [6.07, 6.45) is -0.500. The van der Waals surface area contributed by atoms with Crippen LogP contribution in [0.1, 0.15) is 12.8 Å². The molecule has 0 rings (SSSR count). The molecule has 0 bridgehead atoms. The van der Waals surface area contributed by atoms with Crippen molar-refractivity contribution in [3.05, 3.63) is 0 Å². The average molecular weight is 227 g/mol. The number of carbonyl (C=O) groups excluding carboxylic acids is 2. The van der Waals surface area contributed by atoms with Crippen LogP contribution in [-0.2, 0) is 9.59 Å². The van der Waals surface area contributed by atoms with Crippen molar-refractivity contribution < 1.29 is 89.9 Å². The molecule has 0 aromatic heterocycles. The van der Waals surface area contributed by atoms with Crippen LogP contribution in [0.3, 0.4) is 0 Å². The van der Waals surface area contributed by atoms with E-state index in [1.54, 1.807) is 0 Å². The van der Waals surface area contributed by atoms with Crippen LogP contribution in [0.25, 0.3) is 0 Å². The van der Waals surface area contributed by atoms with Gasteiger partial charge in [-0.1, -0.05) is 0 Å². The van der Waals surface area contributed by atoms with Crippen molar-refractivity contribution in [3.63, 3.8) is 0 Å². The van der Waals surface area contributed by atoms with Gasteiger partial charge in [-0.3, -0.25) is 0 Å². The van der Waals surface area contributed by atoms with Crippen molar-refractivity contribution >= 4 is 11.9 Å². The number of carbonyl (C=O) groups is 2. The van der Waals surface area contributed by atoms with E-state index in [1.165, 1.54) is 0 Å². The van der Waals surface area contributed by atoms with E-state index in [0.29, 0.717) is 0 Å². The van der Waals surface area contributed by atoms with Gasteiger partial charge in [0.2, 0.25) is 0 Å². The summed E-state index contributed by atoms with van der Waals surface area (Å²) in [4.78, 5) is 19.6. The molecule has 0 heterocycles. The van der Waals surface area contributed by atoms with Gasteiger partial charge in [-0.2, -0.15) is 0 Å². The molecule has 0 unspecified atom stereocenters. The molecule has 0 amide bonds. The second-order valence-electron chi connectivity index (χ2n) is 1.84. The Kier molecular flexibility index (Phi) is 34.1. The first-order valence-corrected chi connectivity index (χ1v) is 2.70. The molecule has 14 heavy (non-hydrogen) atoms. The van der Waals surface area contributed by atoms with E-state index in [2.05, 4.69) is 0 Å². The smallest absolute Gasteiger partial charge is 0.550 e. The fourth-order valence-electron chi connectivity index (χ4n) is 0.391. The molecule has 7 nitrogen and oxygen atoms in total. The maximum absolute atomic E-state index is 9.86. The maximum atomic E-state index is 9.86. The Labute approximate surface area is 125 Å². The molecule has 0 aliphatic carbocycles. The Morgan fingerprint density at radius 3 is 1.71 bits per heavy atom. The van der Waals surface area contributed by atoms with E-state index in [-0.39, 0.29) is 82.9 Å². The van der Waals surface area contributed by atoms with E-state index < -0.39 is 18.0 Å². The van der Waals surface area contributed by atoms with Crippen LogP contribution >= 0.6 is 0 Å². The average Bonchev–Trinajstić information content (AvgIpc) is 1.82. The summed E-state index contributed by atoms with van der Waals surface area (Å²) in [5.74, 6) is -2.75. The SMILES string of the molecule is N[C@@H](CCC(=O)[O-])C(=O)[O-].O.O.[Na+].[Na+]. The summed E-state index contributed by atoms with van der Waals surface area (Å²) in [5, 5.41) is 19.6. The molecule has 6 N–H and O–H groups in total. The van der Waals surface area contributed by atoms with Gasteiger partial charge >= 0.3 is 59.1 Å². The quantitative estimate of drug-likeness (QED) is 0.469. The standard InChI is InChI=1S/C5H9NO4.2Na.2H2O/c6-3(5(9)10)1-2-4(7)8;;;;/h3H,1-2,6H2,(H,7,8)(H,9,10);;;2*1H2/q;2*+1;;/p-2/t3-;;;;/m0..../s1. The number of rotatable bonds is 4. The fraction of sp³-hybridized carbons (Fsp3) is 0.600. The van der Waals surface area contributed by atoms with E-state index in [1.807, 2.05) is 0 Å². The Balaban J connectivity index is -0.0000000675. The minimum absolute atomic E-state index is 0. The van der Waals surface area contributed by atoms with Crippen molar-refractivity contribution in [2.24, 2.45) is 5.73 Å². The predicted molar refractivity (Wildman–Crippen MR) is 34.5 cm³/mol. The largest absolute Gasteiger partial charge is 1.00 e. The Morgan fingerprint density at radius 1 is 1.14 bits per heavy atom. The summed E-state index contributed by atoms with van der Waals surface area (Å²) in [6, 6.07) is -1.21. The molecular weight excluding hydrogens is 216 g/mol. The zero-order valence-corrected chi connectivity index (χ0v) is 12.2. The van der Waals surface area contributed by atoms with Gasteiger partial charge in [0.15, 0.2) is 0 Å². The molecule has 0 aliphatic heterocycles. The van der Waals surface area contributed by atoms with Gasteiger partial charge < -0.3 is 36.5 Å². The zero-order valence-electron chi connectivity index (χ0n) is 8.20. The van der Waals surface area contributed by atoms with Crippen molar-refractivity contribution in [2.45, 2.75) is 18.9 Å². The van der Waals surface area contributed by atoms with Gasteiger partial charge in [0.1, 0.15) is 0 Å². The van der Waals surface area contributed by atoms with Crippen molar-refractivity contribution in [1.29, 1.82) is 0 Å². The monoisotopic (exact) mass is 227 g/mol. The minimum Gasteiger partial charge on any atom is -0.550 e. The van der Waals surface area contributed by atoms with E-state index in [4.69, 9.17) is 5.73 Å². The second-order valence-corrected chi connectivity index (χ2v) is 1.84. The summed E-state index contributed by atoms with van der Waals surface area (Å²) in [5.41, 5.74) is 4.91. The normalized spacial score (nSPS) is 8.93. The molecule has 0 fully saturated rings. The fourth-order valence-corrected chi connectivity index (χ4v) is 0.391. The molecule has 0 saturated carbocycles. The first kappa shape index (κ1) is 29.4. The number of carboxylic acid groups (broad SMARTS) is 2. The molecule has 0 aromatic rings. The van der Waals surface area contributed by atoms with E-state index >= 15 is 0 Å². The van der Waals surface area contributed by atoms with Crippen LogP contribution in [0.15, 0.2) is 0 Å². The first-order chi connectivity index (χ1) is 4.54. The number of carboxylic acids is 2. The molecule has 0 aliphatic rings. The van der Waals surface area contributed by atoms with Gasteiger partial charge in [0.05, 0.1) is 5.97 Å². The first-order valence-electron chi connectivity index (χ1n) is 2.70. The molecule has 74 valence electrons. The van der Waals surface area contributed by atoms with Crippen molar-refractivity contribution in [3.8, 4) is 0 Å². The van der Waals surface area contributed by atoms with Gasteiger partial charge in [0.25, 0.3) is 0 Å². The van der Waals surface area contributed by atoms with Gasteiger partial charge in [-0.15, -0.1) is 0 Å². The molecule has 0 radical (unpaired) electrons. The molecular formula is C5H11NNa2O6. The summed E-state index contributed by atoms with van der Waals surface area (Å²) < 4.78 is 0. The third kappa shape index (κ3) is 18.6. The van der Waals surface area contributed by atoms with Gasteiger partial charge in [-0.25, -0.2) is 0 Å². The van der Waals surface area contributed by atoms with Crippen molar-refractivity contribution in [2.75, 3.05) is 0 Å². The van der Waals surface area contributed by atoms with Gasteiger partial charge in [0, 0.05) is 12.0 Å². The van der Waals surface area contributed by atoms with Crippen LogP contribution in [0.2, 0.25) is 0 Å². The van der Waals surface area contributed by atoms with Crippen LogP contribution < -0.4 is 75.1 Å². The van der Waals surface area contributed by atoms with Crippen LogP contribution in [-0.4, -0.2) is 28.9 Å². The van der Waals surface area contributed by atoms with E-state index in [9.17, 15) is 19.8 Å². The Hall–Kier alpha value is 0.820. The maximum Gasteiger partial charge on any atom is 1.00 e. The number of nitrogens with two attached hydrogens (primary N) is 1. The third-order valence-electron chi connectivity index (χ3n) is 0.962. The van der Waals surface area contributed by atoms with Gasteiger partial charge in [-0.05, 0) is 12.8 Å². The van der Waals surface area contributed by atoms with Crippen LogP contribution in [0.5, 0.6) is 0 Å². The van der Waals surface area contributed by atoms with E-state index in [0.717, 1.165) is 0 Å². The predicted octanol–water partition coefficient (Wildman–Crippen LogP) is -11.0. The Bertz CT molecular complexity index is 155. The number of hydrogen-bond donors (Lipinski definition) is 1. The molecule has 1 atom stereocenters. The molecule has 0 aromatic carbocycles. The second kappa shape index (κ2) is 16.3. The third-order valence-corrected chi connectivity index (χ3v) is 0.962. The van der Waals surface area contributed by atoms with Crippen LogP contribution in [0, 0.1) is 0 Å². The topological polar surface area (TPSA) is 169 Å². The summed E-state index contributed by atoms with van der Waals surface area (Å²) in [7, 11) is 0. The molecule has 0 spiro atoms. The Morgan fingerprint density at radius 2 is 1.50 bits per heavy atom. The number of hydrogen-bond acceptors (Lipinski definition) is 5. The minimum atomic E-state index is -1.44. The molecule has 0 saturated heterocycles. The zero-order chi connectivity index (χ0) is 8.15.